The number of primary amides is 1. The first-order valence-corrected chi connectivity index (χ1v) is 4.44. The molecule has 4 nitrogen and oxygen atoms in total. The van der Waals surface area contributed by atoms with Crippen molar-refractivity contribution in [2.24, 2.45) is 5.73 Å². The Bertz CT molecular complexity index is 492. The zero-order valence-electron chi connectivity index (χ0n) is 7.27. The molecule has 2 aromatic rings. The fourth-order valence-corrected chi connectivity index (χ4v) is 1.48. The number of hydrogen-bond acceptors (Lipinski definition) is 2. The Labute approximate surface area is 85.3 Å². The molecule has 0 atom stereocenters. The average molecular weight is 210 g/mol. The largest absolute Gasteiger partial charge is 0.368 e. The molecule has 0 saturated heterocycles. The number of hydrogen-bond donors (Lipinski definition) is 1. The van der Waals surface area contributed by atoms with Gasteiger partial charge in [-0.05, 0) is 18.2 Å². The number of carbonyl (C=O) groups excluding carboxylic acids is 1. The highest BCUT2D eigenvalue weighted by molar-refractivity contribution is 6.31. The van der Waals surface area contributed by atoms with E-state index in [1.807, 2.05) is 6.07 Å². The minimum atomic E-state index is -0.421. The summed E-state index contributed by atoms with van der Waals surface area (Å²) in [6.07, 6.45) is 1.68. The van der Waals surface area contributed by atoms with Gasteiger partial charge in [0.2, 0.25) is 5.91 Å². The lowest BCUT2D eigenvalue weighted by molar-refractivity contribution is -0.118. The van der Waals surface area contributed by atoms with E-state index in [9.17, 15) is 4.79 Å². The fraction of sp³-hybridized carbons (Fsp3) is 0.111. The van der Waals surface area contributed by atoms with Gasteiger partial charge in [0.1, 0.15) is 6.54 Å². The second kappa shape index (κ2) is 3.31. The van der Waals surface area contributed by atoms with Crippen LogP contribution in [-0.2, 0) is 11.3 Å². The highest BCUT2D eigenvalue weighted by Gasteiger charge is 2.04. The normalized spacial score (nSPS) is 10.6. The zero-order valence-corrected chi connectivity index (χ0v) is 8.03. The topological polar surface area (TPSA) is 60.9 Å². The van der Waals surface area contributed by atoms with Crippen molar-refractivity contribution in [1.29, 1.82) is 0 Å². The lowest BCUT2D eigenvalue weighted by Gasteiger charge is -1.99. The fourth-order valence-electron chi connectivity index (χ4n) is 1.32. The molecule has 0 unspecified atom stereocenters. The summed E-state index contributed by atoms with van der Waals surface area (Å²) < 4.78 is 1.53. The molecular weight excluding hydrogens is 202 g/mol. The van der Waals surface area contributed by atoms with Gasteiger partial charge in [0, 0.05) is 10.4 Å². The number of carbonyl (C=O) groups is 1. The number of nitrogens with two attached hydrogens (primary N) is 1. The second-order valence-corrected chi connectivity index (χ2v) is 3.41. The number of fused-ring (bicyclic) bond motifs is 1. The molecular formula is C9H8ClN3O. The Hall–Kier alpha value is -1.55. The molecule has 72 valence electrons. The molecule has 5 heteroatoms. The van der Waals surface area contributed by atoms with Crippen LogP contribution < -0.4 is 5.73 Å². The van der Waals surface area contributed by atoms with Crippen LogP contribution in [0, 0.1) is 0 Å². The SMILES string of the molecule is NC(=O)Cn1ncc2ccc(Cl)cc21. The molecule has 2 rings (SSSR count). The van der Waals surface area contributed by atoms with E-state index in [0.717, 1.165) is 10.9 Å². The van der Waals surface area contributed by atoms with E-state index in [1.54, 1.807) is 18.3 Å². The molecule has 14 heavy (non-hydrogen) atoms. The molecule has 0 fully saturated rings. The Morgan fingerprint density at radius 1 is 1.57 bits per heavy atom. The van der Waals surface area contributed by atoms with Gasteiger partial charge in [-0.15, -0.1) is 0 Å². The molecule has 0 aliphatic heterocycles. The quantitative estimate of drug-likeness (QED) is 0.807. The van der Waals surface area contributed by atoms with E-state index in [-0.39, 0.29) is 6.54 Å². The van der Waals surface area contributed by atoms with Crippen molar-refractivity contribution in [2.75, 3.05) is 0 Å². The van der Waals surface area contributed by atoms with Crippen molar-refractivity contribution in [3.8, 4) is 0 Å². The summed E-state index contributed by atoms with van der Waals surface area (Å²) in [7, 11) is 0. The Morgan fingerprint density at radius 2 is 2.36 bits per heavy atom. The lowest BCUT2D eigenvalue weighted by atomic mass is 10.2. The van der Waals surface area contributed by atoms with Gasteiger partial charge in [0.15, 0.2) is 0 Å². The van der Waals surface area contributed by atoms with Crippen LogP contribution in [0.1, 0.15) is 0 Å². The maximum absolute atomic E-state index is 10.7. The predicted molar refractivity (Wildman–Crippen MR) is 53.9 cm³/mol. The van der Waals surface area contributed by atoms with E-state index >= 15 is 0 Å². The van der Waals surface area contributed by atoms with Gasteiger partial charge in [-0.3, -0.25) is 9.48 Å². The van der Waals surface area contributed by atoms with E-state index < -0.39 is 5.91 Å². The molecule has 1 amide bonds. The van der Waals surface area contributed by atoms with Crippen LogP contribution in [0.4, 0.5) is 0 Å². The van der Waals surface area contributed by atoms with E-state index in [4.69, 9.17) is 17.3 Å². The van der Waals surface area contributed by atoms with Crippen molar-refractivity contribution >= 4 is 28.4 Å². The van der Waals surface area contributed by atoms with Crippen LogP contribution in [0.15, 0.2) is 24.4 Å². The Morgan fingerprint density at radius 3 is 3.07 bits per heavy atom. The van der Waals surface area contributed by atoms with E-state index in [2.05, 4.69) is 5.10 Å². The number of aromatic nitrogens is 2. The number of amides is 1. The maximum Gasteiger partial charge on any atom is 0.239 e. The molecule has 0 aliphatic carbocycles. The van der Waals surface area contributed by atoms with Crippen molar-refractivity contribution in [3.63, 3.8) is 0 Å². The number of rotatable bonds is 2. The molecule has 0 saturated carbocycles. The second-order valence-electron chi connectivity index (χ2n) is 2.97. The maximum atomic E-state index is 10.7. The molecule has 2 N–H and O–H groups in total. The Kier molecular flexibility index (Phi) is 2.13. The van der Waals surface area contributed by atoms with E-state index in [0.29, 0.717) is 5.02 Å². The highest BCUT2D eigenvalue weighted by Crippen LogP contribution is 2.18. The van der Waals surface area contributed by atoms with Gasteiger partial charge in [0.25, 0.3) is 0 Å². The summed E-state index contributed by atoms with van der Waals surface area (Å²) in [5.41, 5.74) is 5.90. The molecule has 1 heterocycles. The van der Waals surface area contributed by atoms with Crippen LogP contribution >= 0.6 is 11.6 Å². The van der Waals surface area contributed by atoms with Crippen molar-refractivity contribution < 1.29 is 4.79 Å². The molecule has 0 spiro atoms. The molecule has 0 bridgehead atoms. The average Bonchev–Trinajstić information content (AvgIpc) is 2.47. The molecule has 1 aromatic carbocycles. The summed E-state index contributed by atoms with van der Waals surface area (Å²) >= 11 is 5.83. The Balaban J connectivity index is 2.55. The number of halogens is 1. The van der Waals surface area contributed by atoms with Gasteiger partial charge in [0.05, 0.1) is 11.7 Å². The summed E-state index contributed by atoms with van der Waals surface area (Å²) in [5.74, 6) is -0.421. The molecule has 1 aromatic heterocycles. The number of benzene rings is 1. The van der Waals surface area contributed by atoms with E-state index in [1.165, 1.54) is 4.68 Å². The first kappa shape index (κ1) is 9.02. The first-order valence-electron chi connectivity index (χ1n) is 4.06. The predicted octanol–water partition coefficient (Wildman–Crippen LogP) is 1.17. The van der Waals surface area contributed by atoms with Crippen LogP contribution in [0.3, 0.4) is 0 Å². The third-order valence-electron chi connectivity index (χ3n) is 1.91. The van der Waals surface area contributed by atoms with Crippen LogP contribution in [0.25, 0.3) is 10.9 Å². The van der Waals surface area contributed by atoms with Crippen molar-refractivity contribution in [3.05, 3.63) is 29.4 Å². The summed E-state index contributed by atoms with van der Waals surface area (Å²) in [4.78, 5) is 10.7. The van der Waals surface area contributed by atoms with Crippen molar-refractivity contribution in [2.45, 2.75) is 6.54 Å². The van der Waals surface area contributed by atoms with Gasteiger partial charge in [-0.2, -0.15) is 5.10 Å². The van der Waals surface area contributed by atoms with Gasteiger partial charge in [-0.1, -0.05) is 11.6 Å². The summed E-state index contributed by atoms with van der Waals surface area (Å²) in [6.45, 7) is 0.0733. The molecule has 0 aliphatic rings. The minimum absolute atomic E-state index is 0.0733. The molecule has 0 radical (unpaired) electrons. The lowest BCUT2D eigenvalue weighted by Crippen LogP contribution is -2.19. The van der Waals surface area contributed by atoms with Crippen LogP contribution in [0.2, 0.25) is 5.02 Å². The third kappa shape index (κ3) is 1.56. The summed E-state index contributed by atoms with van der Waals surface area (Å²) in [5, 5.41) is 5.59. The first-order chi connectivity index (χ1) is 6.66. The minimum Gasteiger partial charge on any atom is -0.368 e. The highest BCUT2D eigenvalue weighted by atomic mass is 35.5. The standard InChI is InChI=1S/C9H8ClN3O/c10-7-2-1-6-4-12-13(5-9(11)14)8(6)3-7/h1-4H,5H2,(H2,11,14). The van der Waals surface area contributed by atoms with Crippen LogP contribution in [0.5, 0.6) is 0 Å². The van der Waals surface area contributed by atoms with Gasteiger partial charge < -0.3 is 5.73 Å². The van der Waals surface area contributed by atoms with Crippen molar-refractivity contribution in [1.82, 2.24) is 9.78 Å². The summed E-state index contributed by atoms with van der Waals surface area (Å²) in [6, 6.07) is 5.38. The monoisotopic (exact) mass is 209 g/mol. The van der Waals surface area contributed by atoms with Gasteiger partial charge in [-0.25, -0.2) is 0 Å². The zero-order chi connectivity index (χ0) is 10.1. The number of nitrogens with zero attached hydrogens (tertiary/aromatic N) is 2. The smallest absolute Gasteiger partial charge is 0.239 e. The van der Waals surface area contributed by atoms with Gasteiger partial charge >= 0.3 is 0 Å². The van der Waals surface area contributed by atoms with Crippen LogP contribution in [-0.4, -0.2) is 15.7 Å². The third-order valence-corrected chi connectivity index (χ3v) is 2.15.